The van der Waals surface area contributed by atoms with Gasteiger partial charge in [0.2, 0.25) is 10.0 Å². The Balaban J connectivity index is 2.20. The van der Waals surface area contributed by atoms with Gasteiger partial charge >= 0.3 is 0 Å². The second-order valence-corrected chi connectivity index (χ2v) is 7.04. The van der Waals surface area contributed by atoms with E-state index in [0.29, 0.717) is 15.6 Å². The highest BCUT2D eigenvalue weighted by atomic mass is 35.5. The average molecular weight is 361 g/mol. The van der Waals surface area contributed by atoms with Crippen LogP contribution in [0.2, 0.25) is 10.0 Å². The molecule has 0 amide bonds. The molecule has 2 aromatic carbocycles. The first-order valence-electron chi connectivity index (χ1n) is 5.95. The summed E-state index contributed by atoms with van der Waals surface area (Å²) in [5.41, 5.74) is 0.358. The molecule has 0 unspecified atom stereocenters. The third kappa shape index (κ3) is 4.59. The maximum atomic E-state index is 12.1. The van der Waals surface area contributed by atoms with E-state index in [0.717, 1.165) is 0 Å². The molecule has 0 bridgehead atoms. The van der Waals surface area contributed by atoms with Crippen molar-refractivity contribution in [1.29, 1.82) is 0 Å². The lowest BCUT2D eigenvalue weighted by atomic mass is 10.2. The summed E-state index contributed by atoms with van der Waals surface area (Å²) in [7, 11) is -3.75. The molecule has 0 aromatic heterocycles. The molecule has 0 saturated carbocycles. The van der Waals surface area contributed by atoms with Crippen LogP contribution in [0.25, 0.3) is 0 Å². The minimum Gasteiger partial charge on any atom is -0.283 e. The summed E-state index contributed by atoms with van der Waals surface area (Å²) in [5.74, 6) is -0.404. The molecule has 116 valence electrons. The number of rotatable bonds is 5. The zero-order chi connectivity index (χ0) is 16.3. The molecule has 6 nitrogen and oxygen atoms in total. The van der Waals surface area contributed by atoms with E-state index in [1.54, 1.807) is 0 Å². The van der Waals surface area contributed by atoms with Gasteiger partial charge in [-0.05, 0) is 23.8 Å². The van der Waals surface area contributed by atoms with Crippen molar-refractivity contribution in [3.8, 4) is 0 Å². The Morgan fingerprint density at radius 2 is 1.73 bits per heavy atom. The Morgan fingerprint density at radius 1 is 1.09 bits per heavy atom. The first-order chi connectivity index (χ1) is 10.2. The van der Waals surface area contributed by atoms with Crippen molar-refractivity contribution in [2.75, 3.05) is 4.72 Å². The summed E-state index contributed by atoms with van der Waals surface area (Å²) in [4.78, 5) is 10.1. The highest BCUT2D eigenvalue weighted by molar-refractivity contribution is 7.91. The lowest BCUT2D eigenvalue weighted by Crippen LogP contribution is -2.15. The van der Waals surface area contributed by atoms with Gasteiger partial charge in [-0.2, -0.15) is 0 Å². The van der Waals surface area contributed by atoms with Crippen molar-refractivity contribution in [1.82, 2.24) is 0 Å². The number of hydrogen-bond acceptors (Lipinski definition) is 4. The number of non-ortho nitro benzene ring substituents is 1. The number of nitrogens with one attached hydrogen (secondary N) is 1. The molecule has 0 spiro atoms. The number of halogens is 2. The number of nitro groups is 1. The molecule has 0 aliphatic carbocycles. The van der Waals surface area contributed by atoms with Crippen molar-refractivity contribution in [2.24, 2.45) is 0 Å². The number of hydrogen-bond donors (Lipinski definition) is 1. The van der Waals surface area contributed by atoms with Gasteiger partial charge in [0.1, 0.15) is 0 Å². The van der Waals surface area contributed by atoms with Crippen LogP contribution in [0.3, 0.4) is 0 Å². The van der Waals surface area contributed by atoms with E-state index in [-0.39, 0.29) is 11.4 Å². The fourth-order valence-electron chi connectivity index (χ4n) is 1.81. The summed E-state index contributed by atoms with van der Waals surface area (Å²) in [6.07, 6.45) is 0. The first-order valence-corrected chi connectivity index (χ1v) is 8.36. The quantitative estimate of drug-likeness (QED) is 0.647. The molecule has 9 heteroatoms. The van der Waals surface area contributed by atoms with Crippen LogP contribution in [0.5, 0.6) is 0 Å². The van der Waals surface area contributed by atoms with E-state index in [4.69, 9.17) is 23.2 Å². The standard InChI is InChI=1S/C13H10Cl2N2O4S/c14-10-5-11(15)7-12(6-10)16-22(20,21)8-9-2-1-3-13(4-9)17(18)19/h1-7,16H,8H2. The van der Waals surface area contributed by atoms with E-state index < -0.39 is 20.7 Å². The predicted molar refractivity (Wildman–Crippen MR) is 85.8 cm³/mol. The molecule has 22 heavy (non-hydrogen) atoms. The molecule has 0 fully saturated rings. The third-order valence-electron chi connectivity index (χ3n) is 2.61. The molecule has 2 rings (SSSR count). The smallest absolute Gasteiger partial charge is 0.269 e. The highest BCUT2D eigenvalue weighted by Crippen LogP contribution is 2.24. The summed E-state index contributed by atoms with van der Waals surface area (Å²) in [6, 6.07) is 9.74. The molecule has 0 aliphatic rings. The van der Waals surface area contributed by atoms with Crippen molar-refractivity contribution in [3.05, 3.63) is 68.2 Å². The largest absolute Gasteiger partial charge is 0.283 e. The zero-order valence-corrected chi connectivity index (χ0v) is 13.3. The van der Waals surface area contributed by atoms with E-state index in [9.17, 15) is 18.5 Å². The molecular weight excluding hydrogens is 351 g/mol. The Morgan fingerprint density at radius 3 is 2.32 bits per heavy atom. The van der Waals surface area contributed by atoms with Crippen LogP contribution in [-0.4, -0.2) is 13.3 Å². The second-order valence-electron chi connectivity index (χ2n) is 4.45. The van der Waals surface area contributed by atoms with E-state index in [1.807, 2.05) is 0 Å². The second kappa shape index (κ2) is 6.51. The number of sulfonamides is 1. The molecular formula is C13H10Cl2N2O4S. The van der Waals surface area contributed by atoms with Crippen molar-refractivity contribution in [3.63, 3.8) is 0 Å². The van der Waals surface area contributed by atoms with Gasteiger partial charge in [0.05, 0.1) is 16.4 Å². The topological polar surface area (TPSA) is 89.3 Å². The van der Waals surface area contributed by atoms with Gasteiger partial charge in [-0.15, -0.1) is 0 Å². The van der Waals surface area contributed by atoms with Crippen LogP contribution < -0.4 is 4.72 Å². The number of benzene rings is 2. The van der Waals surface area contributed by atoms with Crippen molar-refractivity contribution >= 4 is 44.6 Å². The molecule has 0 heterocycles. The molecule has 0 atom stereocenters. The molecule has 2 aromatic rings. The Kier molecular flexibility index (Phi) is 4.90. The maximum absolute atomic E-state index is 12.1. The minimum absolute atomic E-state index is 0.168. The summed E-state index contributed by atoms with van der Waals surface area (Å²) in [5, 5.41) is 11.3. The van der Waals surface area contributed by atoms with Gasteiger partial charge in [-0.1, -0.05) is 35.3 Å². The van der Waals surface area contributed by atoms with Gasteiger partial charge in [0, 0.05) is 22.2 Å². The molecule has 1 N–H and O–H groups in total. The molecule has 0 saturated heterocycles. The predicted octanol–water partition coefficient (Wildman–Crippen LogP) is 3.84. The van der Waals surface area contributed by atoms with Crippen LogP contribution >= 0.6 is 23.2 Å². The first kappa shape index (κ1) is 16.5. The fraction of sp³-hybridized carbons (Fsp3) is 0.0769. The summed E-state index contributed by atoms with van der Waals surface area (Å²) in [6.45, 7) is 0. The molecule has 0 aliphatic heterocycles. The Hall–Kier alpha value is -1.83. The normalized spacial score (nSPS) is 11.2. The van der Waals surface area contributed by atoms with Gasteiger partial charge in [0.15, 0.2) is 0 Å². The van der Waals surface area contributed by atoms with Gasteiger partial charge in [0.25, 0.3) is 5.69 Å². The zero-order valence-electron chi connectivity index (χ0n) is 11.0. The maximum Gasteiger partial charge on any atom is 0.269 e. The van der Waals surface area contributed by atoms with Crippen molar-refractivity contribution in [2.45, 2.75) is 5.75 Å². The van der Waals surface area contributed by atoms with Crippen molar-refractivity contribution < 1.29 is 13.3 Å². The van der Waals surface area contributed by atoms with Crippen LogP contribution in [0.4, 0.5) is 11.4 Å². The lowest BCUT2D eigenvalue weighted by molar-refractivity contribution is -0.384. The van der Waals surface area contributed by atoms with Crippen LogP contribution in [-0.2, 0) is 15.8 Å². The highest BCUT2D eigenvalue weighted by Gasteiger charge is 2.15. The number of nitro benzene ring substituents is 1. The van der Waals surface area contributed by atoms with E-state index in [1.165, 1.54) is 42.5 Å². The van der Waals surface area contributed by atoms with Gasteiger partial charge in [-0.3, -0.25) is 14.8 Å². The number of nitrogens with zero attached hydrogens (tertiary/aromatic N) is 1. The average Bonchev–Trinajstić information content (AvgIpc) is 2.36. The Bertz CT molecular complexity index is 804. The van der Waals surface area contributed by atoms with E-state index >= 15 is 0 Å². The van der Waals surface area contributed by atoms with E-state index in [2.05, 4.69) is 4.72 Å². The van der Waals surface area contributed by atoms with Gasteiger partial charge in [-0.25, -0.2) is 8.42 Å². The van der Waals surface area contributed by atoms with Crippen LogP contribution in [0.15, 0.2) is 42.5 Å². The summed E-state index contributed by atoms with van der Waals surface area (Å²) >= 11 is 11.6. The monoisotopic (exact) mass is 360 g/mol. The third-order valence-corrected chi connectivity index (χ3v) is 4.31. The van der Waals surface area contributed by atoms with Crippen LogP contribution in [0, 0.1) is 10.1 Å². The fourth-order valence-corrected chi connectivity index (χ4v) is 3.50. The number of anilines is 1. The molecule has 0 radical (unpaired) electrons. The summed E-state index contributed by atoms with van der Waals surface area (Å²) < 4.78 is 26.5. The van der Waals surface area contributed by atoms with Crippen LogP contribution in [0.1, 0.15) is 5.56 Å². The minimum atomic E-state index is -3.75. The Labute approximate surface area is 136 Å². The lowest BCUT2D eigenvalue weighted by Gasteiger charge is -2.09. The van der Waals surface area contributed by atoms with Gasteiger partial charge < -0.3 is 0 Å². The SMILES string of the molecule is O=[N+]([O-])c1cccc(CS(=O)(=O)Nc2cc(Cl)cc(Cl)c2)c1.